The van der Waals surface area contributed by atoms with E-state index in [2.05, 4.69) is 31.2 Å². The first-order valence-corrected chi connectivity index (χ1v) is 11.6. The van der Waals surface area contributed by atoms with Crippen molar-refractivity contribution in [3.05, 3.63) is 35.4 Å². The fourth-order valence-corrected chi connectivity index (χ4v) is 6.68. The van der Waals surface area contributed by atoms with E-state index in [0.717, 1.165) is 18.0 Å². The van der Waals surface area contributed by atoms with Crippen molar-refractivity contribution in [3.8, 4) is 0 Å². The van der Waals surface area contributed by atoms with Crippen LogP contribution in [-0.4, -0.2) is 60.3 Å². The summed E-state index contributed by atoms with van der Waals surface area (Å²) in [7, 11) is 4.57. The quantitative estimate of drug-likeness (QED) is 0.555. The van der Waals surface area contributed by atoms with Crippen LogP contribution in [-0.2, 0) is 33.0 Å². The van der Waals surface area contributed by atoms with Crippen LogP contribution in [0, 0.1) is 0 Å². The summed E-state index contributed by atoms with van der Waals surface area (Å²) < 4.78 is 33.1. The topological polar surface area (TPSA) is 55.4 Å². The van der Waals surface area contributed by atoms with Gasteiger partial charge in [-0.25, -0.2) is 0 Å². The molecule has 0 aliphatic heterocycles. The molecule has 0 fully saturated rings. The molecule has 1 unspecified atom stereocenters. The average molecular weight is 375 g/mol. The third kappa shape index (κ3) is 4.73. The normalized spacial score (nSPS) is 14.0. The molecule has 0 saturated carbocycles. The van der Waals surface area contributed by atoms with Crippen LogP contribution in [0.15, 0.2) is 24.3 Å². The molecule has 1 aromatic rings. The van der Waals surface area contributed by atoms with Gasteiger partial charge in [-0.15, -0.1) is 0 Å². The molecular formula is C16H30O6Si2. The monoisotopic (exact) mass is 374 g/mol. The molecule has 0 heterocycles. The number of aryl methyl sites for hydroxylation is 1. The summed E-state index contributed by atoms with van der Waals surface area (Å²) in [5, 5.41) is 0. The van der Waals surface area contributed by atoms with Gasteiger partial charge in [0.15, 0.2) is 0 Å². The van der Waals surface area contributed by atoms with Crippen LogP contribution in [0.25, 0.3) is 0 Å². The molecule has 8 heteroatoms. The number of hydrogen-bond donors (Lipinski definition) is 0. The first-order chi connectivity index (χ1) is 11.5. The van der Waals surface area contributed by atoms with Crippen molar-refractivity contribution in [2.75, 3.05) is 42.7 Å². The summed E-state index contributed by atoms with van der Waals surface area (Å²) in [5.41, 5.74) is 2.38. The Bertz CT molecular complexity index is 457. The predicted molar refractivity (Wildman–Crippen MR) is 96.9 cm³/mol. The molecule has 0 spiro atoms. The van der Waals surface area contributed by atoms with E-state index in [1.54, 1.807) is 42.7 Å². The fraction of sp³-hybridized carbons (Fsp3) is 0.625. The zero-order valence-corrected chi connectivity index (χ0v) is 17.8. The molecule has 24 heavy (non-hydrogen) atoms. The van der Waals surface area contributed by atoms with Crippen LogP contribution < -0.4 is 0 Å². The van der Waals surface area contributed by atoms with E-state index >= 15 is 0 Å². The Labute approximate surface area is 147 Å². The van der Waals surface area contributed by atoms with Crippen molar-refractivity contribution in [1.29, 1.82) is 0 Å². The van der Waals surface area contributed by atoms with Crippen LogP contribution in [0.4, 0.5) is 0 Å². The highest BCUT2D eigenvalue weighted by Gasteiger charge is 2.45. The number of hydrogen-bond acceptors (Lipinski definition) is 6. The van der Waals surface area contributed by atoms with Crippen molar-refractivity contribution < 1.29 is 26.6 Å². The van der Waals surface area contributed by atoms with Gasteiger partial charge < -0.3 is 26.6 Å². The Balaban J connectivity index is 2.82. The molecule has 1 rings (SSSR count). The van der Waals surface area contributed by atoms with Crippen LogP contribution in [0.1, 0.15) is 23.6 Å². The molecule has 0 N–H and O–H groups in total. The summed E-state index contributed by atoms with van der Waals surface area (Å²) in [4.78, 5) is 0. The van der Waals surface area contributed by atoms with Gasteiger partial charge in [-0.2, -0.15) is 0 Å². The highest BCUT2D eigenvalue weighted by atomic mass is 28.4. The minimum absolute atomic E-state index is 0.0527. The van der Waals surface area contributed by atoms with Gasteiger partial charge >= 0.3 is 17.6 Å². The zero-order chi connectivity index (χ0) is 18.2. The molecule has 1 atom stereocenters. The second-order valence-electron chi connectivity index (χ2n) is 5.47. The molecule has 0 radical (unpaired) electrons. The van der Waals surface area contributed by atoms with Gasteiger partial charge in [0.2, 0.25) is 0 Å². The van der Waals surface area contributed by atoms with Gasteiger partial charge in [0, 0.05) is 48.7 Å². The van der Waals surface area contributed by atoms with E-state index in [-0.39, 0.29) is 5.54 Å². The molecule has 0 saturated heterocycles. The van der Waals surface area contributed by atoms with Crippen molar-refractivity contribution >= 4 is 17.6 Å². The Morgan fingerprint density at radius 1 is 0.750 bits per heavy atom. The van der Waals surface area contributed by atoms with E-state index in [0.29, 0.717) is 0 Å². The fourth-order valence-electron chi connectivity index (χ4n) is 2.81. The maximum atomic E-state index is 5.57. The zero-order valence-electron chi connectivity index (χ0n) is 15.8. The summed E-state index contributed by atoms with van der Waals surface area (Å²) in [6.07, 6.45) is 0.831. The molecule has 138 valence electrons. The predicted octanol–water partition coefficient (Wildman–Crippen LogP) is 2.63. The lowest BCUT2D eigenvalue weighted by molar-refractivity contribution is 0.114. The Morgan fingerprint density at radius 3 is 1.58 bits per heavy atom. The van der Waals surface area contributed by atoms with Crippen LogP contribution in [0.5, 0.6) is 0 Å². The first-order valence-electron chi connectivity index (χ1n) is 7.86. The van der Waals surface area contributed by atoms with Gasteiger partial charge in [-0.1, -0.05) is 31.2 Å². The second kappa shape index (κ2) is 9.78. The lowest BCUT2D eigenvalue weighted by Crippen LogP contribution is -2.48. The Kier molecular flexibility index (Phi) is 8.75. The minimum atomic E-state index is -2.70. The standard InChI is InChI=1S/C16H30O6Si2/c1-14(24(20-5,21-6)22-7)16-10-8-15(9-11-16)12-13-23(17-2,18-3)19-4/h8-11,14H,12-13H2,1-7H3. The van der Waals surface area contributed by atoms with E-state index < -0.39 is 17.6 Å². The number of benzene rings is 1. The third-order valence-corrected chi connectivity index (χ3v) is 10.3. The van der Waals surface area contributed by atoms with E-state index in [4.69, 9.17) is 26.6 Å². The highest BCUT2D eigenvalue weighted by molar-refractivity contribution is 6.62. The van der Waals surface area contributed by atoms with Gasteiger partial charge in [0.1, 0.15) is 0 Å². The summed E-state index contributed by atoms with van der Waals surface area (Å²) in [6.45, 7) is 2.07. The largest absolute Gasteiger partial charge is 0.507 e. The lowest BCUT2D eigenvalue weighted by atomic mass is 10.1. The Hall–Kier alpha value is -0.586. The lowest BCUT2D eigenvalue weighted by Gasteiger charge is -2.30. The van der Waals surface area contributed by atoms with Crippen molar-refractivity contribution in [2.24, 2.45) is 0 Å². The van der Waals surface area contributed by atoms with E-state index in [1.165, 1.54) is 5.56 Å². The van der Waals surface area contributed by atoms with E-state index in [9.17, 15) is 0 Å². The SMILES string of the molecule is CO[Si](CCc1ccc(C(C)[Si](OC)(OC)OC)cc1)(OC)OC. The molecule has 0 aliphatic carbocycles. The Morgan fingerprint density at radius 2 is 1.21 bits per heavy atom. The van der Waals surface area contributed by atoms with Crippen molar-refractivity contribution in [2.45, 2.75) is 24.9 Å². The van der Waals surface area contributed by atoms with Crippen LogP contribution >= 0.6 is 0 Å². The van der Waals surface area contributed by atoms with E-state index in [1.807, 2.05) is 0 Å². The van der Waals surface area contributed by atoms with Gasteiger partial charge in [-0.3, -0.25) is 0 Å². The third-order valence-electron chi connectivity index (χ3n) is 4.52. The van der Waals surface area contributed by atoms with Crippen LogP contribution in [0.2, 0.25) is 6.04 Å². The number of rotatable bonds is 11. The minimum Gasteiger partial charge on any atom is -0.377 e. The first kappa shape index (κ1) is 21.5. The average Bonchev–Trinajstić information content (AvgIpc) is 2.65. The molecule has 0 aliphatic rings. The van der Waals surface area contributed by atoms with Crippen molar-refractivity contribution in [3.63, 3.8) is 0 Å². The maximum absolute atomic E-state index is 5.57. The summed E-state index contributed by atoms with van der Waals surface area (Å²) in [5.74, 6) is 0. The molecule has 0 bridgehead atoms. The molecule has 6 nitrogen and oxygen atoms in total. The van der Waals surface area contributed by atoms with Gasteiger partial charge in [0.05, 0.1) is 5.54 Å². The molecule has 0 amide bonds. The molecule has 0 aromatic heterocycles. The second-order valence-corrected chi connectivity index (χ2v) is 11.9. The maximum Gasteiger partial charge on any atom is 0.507 e. The summed E-state index contributed by atoms with van der Waals surface area (Å²) >= 11 is 0. The highest BCUT2D eigenvalue weighted by Crippen LogP contribution is 2.28. The molecule has 1 aromatic carbocycles. The van der Waals surface area contributed by atoms with Gasteiger partial charge in [-0.05, 0) is 17.5 Å². The van der Waals surface area contributed by atoms with Crippen molar-refractivity contribution in [1.82, 2.24) is 0 Å². The van der Waals surface area contributed by atoms with Crippen LogP contribution in [0.3, 0.4) is 0 Å². The smallest absolute Gasteiger partial charge is 0.377 e. The van der Waals surface area contributed by atoms with Gasteiger partial charge in [0.25, 0.3) is 0 Å². The summed E-state index contributed by atoms with van der Waals surface area (Å²) in [6, 6.07) is 9.12. The molecular weight excluding hydrogens is 344 g/mol.